The molecule has 1 aliphatic rings. The first kappa shape index (κ1) is 23.9. The van der Waals surface area contributed by atoms with Crippen molar-refractivity contribution in [3.05, 3.63) is 46.2 Å². The number of nitrogens with one attached hydrogen (secondary N) is 1. The molecule has 172 valence electrons. The van der Waals surface area contributed by atoms with Crippen molar-refractivity contribution in [3.63, 3.8) is 0 Å². The zero-order chi connectivity index (χ0) is 23.1. The molecule has 1 fully saturated rings. The second-order valence-corrected chi connectivity index (χ2v) is 9.97. The molecule has 1 aromatic carbocycles. The Kier molecular flexibility index (Phi) is 7.99. The molecular weight excluding hydrogens is 456 g/mol. The van der Waals surface area contributed by atoms with Gasteiger partial charge in [0.25, 0.3) is 11.8 Å². The number of benzene rings is 1. The van der Waals surface area contributed by atoms with Gasteiger partial charge in [0.2, 0.25) is 10.0 Å². The SMILES string of the molecule is COc1ccc(C(=O)OCC(=O)NC(=O)c2cccs2)cc1S(=O)(=O)N1CCCCCC1. The Morgan fingerprint density at radius 2 is 1.81 bits per heavy atom. The quantitative estimate of drug-likeness (QED) is 0.605. The van der Waals surface area contributed by atoms with E-state index in [9.17, 15) is 22.8 Å². The van der Waals surface area contributed by atoms with E-state index >= 15 is 0 Å². The number of carbonyl (C=O) groups excluding carboxylic acids is 3. The van der Waals surface area contributed by atoms with E-state index in [2.05, 4.69) is 5.32 Å². The molecule has 1 saturated heterocycles. The molecule has 1 aliphatic heterocycles. The van der Waals surface area contributed by atoms with Crippen LogP contribution < -0.4 is 10.1 Å². The standard InChI is InChI=1S/C21H24N2O7S2/c1-29-16-9-8-15(13-18(16)32(27,28)23-10-4-2-3-5-11-23)21(26)30-14-19(24)22-20(25)17-7-6-12-31-17/h6-9,12-13H,2-5,10-11,14H2,1H3,(H,22,24,25). The van der Waals surface area contributed by atoms with Crippen molar-refractivity contribution < 1.29 is 32.3 Å². The fourth-order valence-electron chi connectivity index (χ4n) is 3.27. The topological polar surface area (TPSA) is 119 Å². The molecule has 0 saturated carbocycles. The van der Waals surface area contributed by atoms with Crippen molar-refractivity contribution in [2.24, 2.45) is 0 Å². The van der Waals surface area contributed by atoms with E-state index in [1.54, 1.807) is 17.5 Å². The summed E-state index contributed by atoms with van der Waals surface area (Å²) >= 11 is 1.17. The van der Waals surface area contributed by atoms with Crippen LogP contribution in [0.3, 0.4) is 0 Å². The smallest absolute Gasteiger partial charge is 0.338 e. The van der Waals surface area contributed by atoms with Crippen molar-refractivity contribution in [3.8, 4) is 5.75 Å². The largest absolute Gasteiger partial charge is 0.495 e. The first-order valence-electron chi connectivity index (χ1n) is 10.1. The van der Waals surface area contributed by atoms with E-state index in [0.717, 1.165) is 25.7 Å². The number of hydrogen-bond acceptors (Lipinski definition) is 8. The minimum atomic E-state index is -3.88. The van der Waals surface area contributed by atoms with Crippen LogP contribution in [0.25, 0.3) is 0 Å². The number of amides is 2. The lowest BCUT2D eigenvalue weighted by atomic mass is 10.2. The van der Waals surface area contributed by atoms with E-state index in [1.165, 1.54) is 41.0 Å². The van der Waals surface area contributed by atoms with E-state index in [0.29, 0.717) is 18.0 Å². The fraction of sp³-hybridized carbons (Fsp3) is 0.381. The van der Waals surface area contributed by atoms with Crippen molar-refractivity contribution in [1.82, 2.24) is 9.62 Å². The van der Waals surface area contributed by atoms with E-state index in [-0.39, 0.29) is 16.2 Å². The lowest BCUT2D eigenvalue weighted by Crippen LogP contribution is -2.34. The van der Waals surface area contributed by atoms with Crippen LogP contribution in [-0.4, -0.2) is 57.3 Å². The minimum absolute atomic E-state index is 0.0448. The van der Waals surface area contributed by atoms with Crippen molar-refractivity contribution >= 4 is 39.1 Å². The highest BCUT2D eigenvalue weighted by Crippen LogP contribution is 2.29. The van der Waals surface area contributed by atoms with E-state index in [1.807, 2.05) is 0 Å². The number of nitrogens with zero attached hydrogens (tertiary/aromatic N) is 1. The Hall–Kier alpha value is -2.76. The van der Waals surface area contributed by atoms with Gasteiger partial charge in [0.15, 0.2) is 6.61 Å². The summed E-state index contributed by atoms with van der Waals surface area (Å²) in [7, 11) is -2.53. The number of carbonyl (C=O) groups is 3. The van der Waals surface area contributed by atoms with Gasteiger partial charge in [-0.25, -0.2) is 13.2 Å². The second kappa shape index (κ2) is 10.7. The molecule has 0 bridgehead atoms. The van der Waals surface area contributed by atoms with Gasteiger partial charge in [-0.05, 0) is 42.5 Å². The summed E-state index contributed by atoms with van der Waals surface area (Å²) in [5.74, 6) is -2.15. The molecule has 2 aromatic rings. The third-order valence-electron chi connectivity index (χ3n) is 4.91. The molecule has 1 N–H and O–H groups in total. The summed E-state index contributed by atoms with van der Waals surface area (Å²) in [5, 5.41) is 3.82. The molecule has 32 heavy (non-hydrogen) atoms. The number of ether oxygens (including phenoxy) is 2. The molecule has 2 heterocycles. The van der Waals surface area contributed by atoms with Crippen molar-refractivity contribution in [2.45, 2.75) is 30.6 Å². The minimum Gasteiger partial charge on any atom is -0.495 e. The van der Waals surface area contributed by atoms with Gasteiger partial charge in [-0.3, -0.25) is 14.9 Å². The van der Waals surface area contributed by atoms with E-state index < -0.39 is 34.4 Å². The Balaban J connectivity index is 1.70. The third kappa shape index (κ3) is 5.72. The van der Waals surface area contributed by atoms with E-state index in [4.69, 9.17) is 9.47 Å². The summed E-state index contributed by atoms with van der Waals surface area (Å²) in [6.07, 6.45) is 3.46. The molecule has 3 rings (SSSR count). The summed E-state index contributed by atoms with van der Waals surface area (Å²) in [6.45, 7) is 0.118. The first-order chi connectivity index (χ1) is 15.3. The normalized spacial score (nSPS) is 14.9. The van der Waals surface area contributed by atoms with Gasteiger partial charge >= 0.3 is 5.97 Å². The number of methoxy groups -OCH3 is 1. The molecule has 1 aromatic heterocycles. The van der Waals surface area contributed by atoms with Gasteiger partial charge in [-0.1, -0.05) is 18.9 Å². The van der Waals surface area contributed by atoms with Crippen LogP contribution in [0.1, 0.15) is 45.7 Å². The summed E-state index contributed by atoms with van der Waals surface area (Å²) < 4.78 is 37.9. The molecule has 0 atom stereocenters. The van der Waals surface area contributed by atoms with Crippen LogP contribution in [0.4, 0.5) is 0 Å². The number of hydrogen-bond donors (Lipinski definition) is 1. The van der Waals surface area contributed by atoms with Gasteiger partial charge in [0, 0.05) is 13.1 Å². The second-order valence-electron chi connectivity index (χ2n) is 7.11. The van der Waals surface area contributed by atoms with Crippen LogP contribution in [0.15, 0.2) is 40.6 Å². The number of esters is 1. The van der Waals surface area contributed by atoms with Crippen molar-refractivity contribution in [2.75, 3.05) is 26.8 Å². The molecule has 0 aliphatic carbocycles. The average molecular weight is 481 g/mol. The monoisotopic (exact) mass is 480 g/mol. The predicted molar refractivity (Wildman–Crippen MR) is 117 cm³/mol. The molecule has 2 amide bonds. The van der Waals surface area contributed by atoms with Crippen LogP contribution in [-0.2, 0) is 19.6 Å². The highest BCUT2D eigenvalue weighted by molar-refractivity contribution is 7.89. The zero-order valence-electron chi connectivity index (χ0n) is 17.5. The predicted octanol–water partition coefficient (Wildman–Crippen LogP) is 2.43. The Bertz CT molecular complexity index is 1070. The van der Waals surface area contributed by atoms with Crippen molar-refractivity contribution in [1.29, 1.82) is 0 Å². The Labute approximate surface area is 190 Å². The van der Waals surface area contributed by atoms with Gasteiger partial charge in [0.05, 0.1) is 17.6 Å². The summed E-state index contributed by atoms with van der Waals surface area (Å²) in [6, 6.07) is 7.16. The molecule has 0 radical (unpaired) electrons. The summed E-state index contributed by atoms with van der Waals surface area (Å²) in [5.41, 5.74) is -0.0448. The van der Waals surface area contributed by atoms with Crippen LogP contribution in [0, 0.1) is 0 Å². The Morgan fingerprint density at radius 1 is 1.09 bits per heavy atom. The maximum absolute atomic E-state index is 13.2. The lowest BCUT2D eigenvalue weighted by Gasteiger charge is -2.21. The third-order valence-corrected chi connectivity index (χ3v) is 7.70. The van der Waals surface area contributed by atoms with Crippen LogP contribution >= 0.6 is 11.3 Å². The van der Waals surface area contributed by atoms with Gasteiger partial charge in [0.1, 0.15) is 10.6 Å². The number of imide groups is 1. The maximum atomic E-state index is 13.2. The Morgan fingerprint density at radius 3 is 2.44 bits per heavy atom. The highest BCUT2D eigenvalue weighted by Gasteiger charge is 2.29. The van der Waals surface area contributed by atoms with Gasteiger partial charge in [-0.2, -0.15) is 4.31 Å². The molecule has 0 unspecified atom stereocenters. The number of thiophene rings is 1. The average Bonchev–Trinajstić information content (AvgIpc) is 3.19. The maximum Gasteiger partial charge on any atom is 0.338 e. The van der Waals surface area contributed by atoms with Gasteiger partial charge < -0.3 is 9.47 Å². The molecule has 11 heteroatoms. The van der Waals surface area contributed by atoms with Gasteiger partial charge in [-0.15, -0.1) is 11.3 Å². The number of rotatable bonds is 7. The summed E-state index contributed by atoms with van der Waals surface area (Å²) in [4.78, 5) is 36.5. The van der Waals surface area contributed by atoms with Crippen LogP contribution in [0.5, 0.6) is 5.75 Å². The first-order valence-corrected chi connectivity index (χ1v) is 12.4. The zero-order valence-corrected chi connectivity index (χ0v) is 19.2. The fourth-order valence-corrected chi connectivity index (χ4v) is 5.59. The van der Waals surface area contributed by atoms with Crippen LogP contribution in [0.2, 0.25) is 0 Å². The number of sulfonamides is 1. The molecule has 0 spiro atoms. The molecule has 9 nitrogen and oxygen atoms in total. The highest BCUT2D eigenvalue weighted by atomic mass is 32.2. The molecular formula is C21H24N2O7S2. The lowest BCUT2D eigenvalue weighted by molar-refractivity contribution is -0.123.